The molecule has 0 spiro atoms. The molecule has 1 heterocycles. The van der Waals surface area contributed by atoms with E-state index in [0.29, 0.717) is 17.5 Å². The van der Waals surface area contributed by atoms with Crippen LogP contribution >= 0.6 is 0 Å². The van der Waals surface area contributed by atoms with E-state index in [-0.39, 0.29) is 12.1 Å². The highest BCUT2D eigenvalue weighted by molar-refractivity contribution is 5.89. The molecule has 0 aliphatic carbocycles. The molecule has 0 radical (unpaired) electrons. The maximum absolute atomic E-state index is 12.3. The van der Waals surface area contributed by atoms with Crippen LogP contribution in [0.15, 0.2) is 30.3 Å². The maximum atomic E-state index is 12.3. The van der Waals surface area contributed by atoms with E-state index in [2.05, 4.69) is 37.5 Å². The first-order chi connectivity index (χ1) is 12.0. The minimum atomic E-state index is -0.195. The zero-order chi connectivity index (χ0) is 18.2. The van der Waals surface area contributed by atoms with Gasteiger partial charge in [-0.1, -0.05) is 39.0 Å². The molecule has 25 heavy (non-hydrogen) atoms. The Morgan fingerprint density at radius 1 is 1.20 bits per heavy atom. The summed E-state index contributed by atoms with van der Waals surface area (Å²) in [5.41, 5.74) is 0.643. The van der Waals surface area contributed by atoms with Crippen LogP contribution in [0, 0.1) is 5.92 Å². The van der Waals surface area contributed by atoms with Gasteiger partial charge in [-0.25, -0.2) is 4.79 Å². The van der Waals surface area contributed by atoms with Crippen LogP contribution in [0.3, 0.4) is 0 Å². The molecule has 1 aromatic rings. The summed E-state index contributed by atoms with van der Waals surface area (Å²) in [6, 6.07) is 9.76. The number of likely N-dealkylation sites (tertiary alicyclic amines) is 1. The SMILES string of the molecule is CCN(CC)CCCN1CC(C)C(OC(=O)c2ccccc2)CC1C. The van der Waals surface area contributed by atoms with Gasteiger partial charge < -0.3 is 14.5 Å². The largest absolute Gasteiger partial charge is 0.458 e. The number of carbonyl (C=O) groups is 1. The van der Waals surface area contributed by atoms with E-state index in [1.165, 1.54) is 6.42 Å². The van der Waals surface area contributed by atoms with Gasteiger partial charge in [-0.15, -0.1) is 0 Å². The molecule has 0 amide bonds. The Balaban J connectivity index is 1.82. The first kappa shape index (κ1) is 19.9. The topological polar surface area (TPSA) is 32.8 Å². The Kier molecular flexibility index (Phi) is 7.91. The summed E-state index contributed by atoms with van der Waals surface area (Å²) in [4.78, 5) is 17.3. The molecule has 1 aliphatic rings. The third kappa shape index (κ3) is 5.82. The lowest BCUT2D eigenvalue weighted by Crippen LogP contribution is -2.49. The van der Waals surface area contributed by atoms with Crippen LogP contribution in [0.4, 0.5) is 0 Å². The molecule has 1 aromatic carbocycles. The second-order valence-corrected chi connectivity index (χ2v) is 7.25. The average Bonchev–Trinajstić information content (AvgIpc) is 2.63. The molecular formula is C21H34N2O2. The molecule has 2 rings (SSSR count). The van der Waals surface area contributed by atoms with Crippen LogP contribution in [0.2, 0.25) is 0 Å². The van der Waals surface area contributed by atoms with Gasteiger partial charge in [0, 0.05) is 18.5 Å². The summed E-state index contributed by atoms with van der Waals surface area (Å²) in [6.07, 6.45) is 2.14. The molecule has 4 nitrogen and oxygen atoms in total. The Morgan fingerprint density at radius 2 is 1.88 bits per heavy atom. The zero-order valence-electron chi connectivity index (χ0n) is 16.3. The molecule has 0 aromatic heterocycles. The standard InChI is InChI=1S/C21H34N2O2/c1-5-22(6-2)13-10-14-23-16-17(3)20(15-18(23)4)25-21(24)19-11-8-7-9-12-19/h7-9,11-12,17-18,20H,5-6,10,13-16H2,1-4H3. The predicted octanol–water partition coefficient (Wildman–Crippen LogP) is 3.67. The minimum Gasteiger partial charge on any atom is -0.458 e. The normalized spacial score (nSPS) is 24.4. The van der Waals surface area contributed by atoms with Gasteiger partial charge in [0.1, 0.15) is 6.10 Å². The number of hydrogen-bond donors (Lipinski definition) is 0. The van der Waals surface area contributed by atoms with Crippen LogP contribution in [-0.4, -0.2) is 60.6 Å². The van der Waals surface area contributed by atoms with Crippen molar-refractivity contribution in [1.82, 2.24) is 9.80 Å². The third-order valence-corrected chi connectivity index (χ3v) is 5.44. The Morgan fingerprint density at radius 3 is 2.52 bits per heavy atom. The third-order valence-electron chi connectivity index (χ3n) is 5.44. The summed E-state index contributed by atoms with van der Waals surface area (Å²) in [5, 5.41) is 0. The minimum absolute atomic E-state index is 0.0155. The molecule has 1 fully saturated rings. The fraction of sp³-hybridized carbons (Fsp3) is 0.667. The molecule has 0 bridgehead atoms. The van der Waals surface area contributed by atoms with Crippen LogP contribution in [0.1, 0.15) is 50.9 Å². The fourth-order valence-corrected chi connectivity index (χ4v) is 3.68. The van der Waals surface area contributed by atoms with E-state index in [1.807, 2.05) is 30.3 Å². The van der Waals surface area contributed by atoms with Crippen LogP contribution < -0.4 is 0 Å². The lowest BCUT2D eigenvalue weighted by Gasteiger charge is -2.41. The zero-order valence-corrected chi connectivity index (χ0v) is 16.3. The van der Waals surface area contributed by atoms with Gasteiger partial charge in [0.2, 0.25) is 0 Å². The Bertz CT molecular complexity index is 516. The monoisotopic (exact) mass is 346 g/mol. The van der Waals surface area contributed by atoms with E-state index in [1.54, 1.807) is 0 Å². The highest BCUT2D eigenvalue weighted by Crippen LogP contribution is 2.25. The summed E-state index contributed by atoms with van der Waals surface area (Å²) < 4.78 is 5.81. The summed E-state index contributed by atoms with van der Waals surface area (Å²) in [6.45, 7) is 14.4. The van der Waals surface area contributed by atoms with Crippen LogP contribution in [0.5, 0.6) is 0 Å². The van der Waals surface area contributed by atoms with E-state index in [9.17, 15) is 4.79 Å². The fourth-order valence-electron chi connectivity index (χ4n) is 3.68. The molecular weight excluding hydrogens is 312 g/mol. The summed E-state index contributed by atoms with van der Waals surface area (Å²) in [7, 11) is 0. The summed E-state index contributed by atoms with van der Waals surface area (Å²) in [5.74, 6) is 0.178. The van der Waals surface area contributed by atoms with Gasteiger partial charge >= 0.3 is 5.97 Å². The van der Waals surface area contributed by atoms with E-state index in [0.717, 1.165) is 39.1 Å². The quantitative estimate of drug-likeness (QED) is 0.672. The van der Waals surface area contributed by atoms with Crippen molar-refractivity contribution in [2.24, 2.45) is 5.92 Å². The first-order valence-corrected chi connectivity index (χ1v) is 9.77. The first-order valence-electron chi connectivity index (χ1n) is 9.77. The number of benzene rings is 1. The van der Waals surface area contributed by atoms with Crippen molar-refractivity contribution in [3.63, 3.8) is 0 Å². The number of rotatable bonds is 8. The summed E-state index contributed by atoms with van der Waals surface area (Å²) >= 11 is 0. The highest BCUT2D eigenvalue weighted by atomic mass is 16.5. The second kappa shape index (κ2) is 9.93. The molecule has 3 unspecified atom stereocenters. The van der Waals surface area contributed by atoms with Crippen LogP contribution in [0.25, 0.3) is 0 Å². The molecule has 0 saturated carbocycles. The average molecular weight is 347 g/mol. The molecule has 1 aliphatic heterocycles. The van der Waals surface area contributed by atoms with Crippen molar-refractivity contribution in [3.8, 4) is 0 Å². The maximum Gasteiger partial charge on any atom is 0.338 e. The van der Waals surface area contributed by atoms with E-state index < -0.39 is 0 Å². The molecule has 3 atom stereocenters. The van der Waals surface area contributed by atoms with Crippen molar-refractivity contribution in [3.05, 3.63) is 35.9 Å². The number of carbonyl (C=O) groups excluding carboxylic acids is 1. The lowest BCUT2D eigenvalue weighted by molar-refractivity contribution is -0.0261. The van der Waals surface area contributed by atoms with Crippen molar-refractivity contribution in [2.75, 3.05) is 32.7 Å². The number of ether oxygens (including phenoxy) is 1. The number of hydrogen-bond acceptors (Lipinski definition) is 4. The van der Waals surface area contributed by atoms with Gasteiger partial charge in [0.15, 0.2) is 0 Å². The smallest absolute Gasteiger partial charge is 0.338 e. The van der Waals surface area contributed by atoms with Gasteiger partial charge in [-0.05, 0) is 58.1 Å². The molecule has 1 saturated heterocycles. The number of piperidine rings is 1. The number of nitrogens with zero attached hydrogens (tertiary/aromatic N) is 2. The highest BCUT2D eigenvalue weighted by Gasteiger charge is 2.33. The van der Waals surface area contributed by atoms with Gasteiger partial charge in [-0.3, -0.25) is 0 Å². The Labute approximate surface area is 153 Å². The molecule has 4 heteroatoms. The molecule has 140 valence electrons. The van der Waals surface area contributed by atoms with Gasteiger partial charge in [0.05, 0.1) is 5.56 Å². The van der Waals surface area contributed by atoms with Crippen molar-refractivity contribution in [2.45, 2.75) is 52.7 Å². The molecule has 0 N–H and O–H groups in total. The van der Waals surface area contributed by atoms with Crippen molar-refractivity contribution in [1.29, 1.82) is 0 Å². The Hall–Kier alpha value is -1.39. The second-order valence-electron chi connectivity index (χ2n) is 7.25. The van der Waals surface area contributed by atoms with Crippen molar-refractivity contribution < 1.29 is 9.53 Å². The predicted molar refractivity (Wildman–Crippen MR) is 103 cm³/mol. The van der Waals surface area contributed by atoms with E-state index in [4.69, 9.17) is 4.74 Å². The van der Waals surface area contributed by atoms with Gasteiger partial charge in [-0.2, -0.15) is 0 Å². The van der Waals surface area contributed by atoms with Gasteiger partial charge in [0.25, 0.3) is 0 Å². The lowest BCUT2D eigenvalue weighted by atomic mass is 9.91. The van der Waals surface area contributed by atoms with Crippen molar-refractivity contribution >= 4 is 5.97 Å². The van der Waals surface area contributed by atoms with Crippen LogP contribution in [-0.2, 0) is 4.74 Å². The number of esters is 1. The van der Waals surface area contributed by atoms with E-state index >= 15 is 0 Å².